The minimum Gasteiger partial charge on any atom is -0.465 e. The maximum absolute atomic E-state index is 13.0. The van der Waals surface area contributed by atoms with Crippen molar-refractivity contribution >= 4 is 5.97 Å². The van der Waals surface area contributed by atoms with Crippen LogP contribution in [0.15, 0.2) is 73.8 Å². The van der Waals surface area contributed by atoms with E-state index in [1.165, 1.54) is 0 Å². The minimum absolute atomic E-state index is 0.146. The van der Waals surface area contributed by atoms with Gasteiger partial charge in [0, 0.05) is 0 Å². The molecule has 0 radical (unpaired) electrons. The van der Waals surface area contributed by atoms with Crippen LogP contribution in [0.25, 0.3) is 11.1 Å². The first-order chi connectivity index (χ1) is 12.7. The smallest absolute Gasteiger partial charge is 0.317 e. The number of rotatable bonds is 5. The van der Waals surface area contributed by atoms with Gasteiger partial charge in [-0.25, -0.2) is 0 Å². The van der Waals surface area contributed by atoms with E-state index in [1.807, 2.05) is 48.6 Å². The number of hydrogen-bond acceptors (Lipinski definition) is 2. The van der Waals surface area contributed by atoms with Gasteiger partial charge in [-0.2, -0.15) is 0 Å². The molecule has 0 bridgehead atoms. The van der Waals surface area contributed by atoms with Gasteiger partial charge in [-0.15, -0.1) is 13.2 Å². The Balaban J connectivity index is 1.54. The number of fused-ring (bicyclic) bond motifs is 3. The van der Waals surface area contributed by atoms with Crippen molar-refractivity contribution < 1.29 is 9.53 Å². The van der Waals surface area contributed by atoms with Gasteiger partial charge in [-0.05, 0) is 52.8 Å². The van der Waals surface area contributed by atoms with E-state index in [1.54, 1.807) is 0 Å². The minimum atomic E-state index is -0.318. The summed E-state index contributed by atoms with van der Waals surface area (Å²) in [5.41, 5.74) is 4.38. The number of carbonyl (C=O) groups excluding carboxylic acids is 1. The number of benzene rings is 2. The maximum Gasteiger partial charge on any atom is 0.317 e. The van der Waals surface area contributed by atoms with Gasteiger partial charge in [0.2, 0.25) is 0 Å². The van der Waals surface area contributed by atoms with E-state index in [2.05, 4.69) is 25.3 Å². The zero-order valence-electron chi connectivity index (χ0n) is 14.9. The van der Waals surface area contributed by atoms with Crippen LogP contribution in [0.4, 0.5) is 0 Å². The lowest BCUT2D eigenvalue weighted by atomic mass is 9.96. The fourth-order valence-electron chi connectivity index (χ4n) is 4.56. The second-order valence-corrected chi connectivity index (χ2v) is 7.36. The van der Waals surface area contributed by atoms with E-state index < -0.39 is 0 Å². The molecule has 1 saturated carbocycles. The Labute approximate surface area is 155 Å². The predicted molar refractivity (Wildman–Crippen MR) is 105 cm³/mol. The highest BCUT2D eigenvalue weighted by atomic mass is 16.5. The summed E-state index contributed by atoms with van der Waals surface area (Å²) >= 11 is 0. The number of hydrogen-bond donors (Lipinski definition) is 0. The van der Waals surface area contributed by atoms with Crippen LogP contribution >= 0.6 is 0 Å². The molecule has 2 aromatic rings. The summed E-state index contributed by atoms with van der Waals surface area (Å²) in [4.78, 5) is 13.0. The van der Waals surface area contributed by atoms with Crippen molar-refractivity contribution in [2.24, 2.45) is 17.8 Å². The standard InChI is InChI=1S/C24H24O2/c1-3-16-13-17(4-2)18(14-16)15-26-24(25)23-21-11-7-5-9-19(21)20-10-6-8-12-22(20)23/h3-12,16-18,23H,1-2,13-15H2. The molecular weight excluding hydrogens is 320 g/mol. The molecule has 0 amide bonds. The molecule has 0 N–H and O–H groups in total. The molecule has 26 heavy (non-hydrogen) atoms. The van der Waals surface area contributed by atoms with Gasteiger partial charge in [0.1, 0.15) is 5.92 Å². The first kappa shape index (κ1) is 16.8. The van der Waals surface area contributed by atoms with Crippen LogP contribution in [0.2, 0.25) is 0 Å². The normalized spacial score (nSPS) is 23.9. The van der Waals surface area contributed by atoms with Crippen LogP contribution in [0.5, 0.6) is 0 Å². The van der Waals surface area contributed by atoms with Gasteiger partial charge in [0.15, 0.2) is 0 Å². The van der Waals surface area contributed by atoms with E-state index in [9.17, 15) is 4.79 Å². The molecule has 4 rings (SSSR count). The van der Waals surface area contributed by atoms with Crippen molar-refractivity contribution in [3.05, 3.63) is 85.0 Å². The van der Waals surface area contributed by atoms with Gasteiger partial charge >= 0.3 is 5.97 Å². The highest BCUT2D eigenvalue weighted by Gasteiger charge is 2.36. The van der Waals surface area contributed by atoms with Crippen molar-refractivity contribution in [3.63, 3.8) is 0 Å². The first-order valence-electron chi connectivity index (χ1n) is 9.33. The second kappa shape index (κ2) is 6.95. The summed E-state index contributed by atoms with van der Waals surface area (Å²) in [6.45, 7) is 8.32. The lowest BCUT2D eigenvalue weighted by Gasteiger charge is -2.18. The summed E-state index contributed by atoms with van der Waals surface area (Å²) in [6, 6.07) is 16.3. The number of esters is 1. The van der Waals surface area contributed by atoms with Crippen molar-refractivity contribution in [2.45, 2.75) is 18.8 Å². The van der Waals surface area contributed by atoms with E-state index in [-0.39, 0.29) is 11.9 Å². The number of allylic oxidation sites excluding steroid dienone is 2. The topological polar surface area (TPSA) is 26.3 Å². The lowest BCUT2D eigenvalue weighted by Crippen LogP contribution is -2.21. The van der Waals surface area contributed by atoms with Gasteiger partial charge in [-0.3, -0.25) is 4.79 Å². The molecule has 0 saturated heterocycles. The van der Waals surface area contributed by atoms with Crippen LogP contribution in [-0.2, 0) is 9.53 Å². The third kappa shape index (κ3) is 2.80. The maximum atomic E-state index is 13.0. The molecule has 2 aromatic carbocycles. The fourth-order valence-corrected chi connectivity index (χ4v) is 4.56. The number of ether oxygens (including phenoxy) is 1. The Kier molecular flexibility index (Phi) is 4.50. The van der Waals surface area contributed by atoms with Crippen molar-refractivity contribution in [1.29, 1.82) is 0 Å². The predicted octanol–water partition coefficient (Wildman–Crippen LogP) is 5.36. The molecule has 3 unspecified atom stereocenters. The van der Waals surface area contributed by atoms with Crippen LogP contribution < -0.4 is 0 Å². The van der Waals surface area contributed by atoms with Crippen LogP contribution in [0, 0.1) is 17.8 Å². The largest absolute Gasteiger partial charge is 0.465 e. The molecule has 2 nitrogen and oxygen atoms in total. The molecule has 3 atom stereocenters. The van der Waals surface area contributed by atoms with E-state index >= 15 is 0 Å². The zero-order chi connectivity index (χ0) is 18.1. The van der Waals surface area contributed by atoms with Gasteiger partial charge in [0.25, 0.3) is 0 Å². The SMILES string of the molecule is C=CC1CC(C=C)C(COC(=O)C2c3ccccc3-c3ccccc32)C1. The third-order valence-corrected chi connectivity index (χ3v) is 5.93. The number of carbonyl (C=O) groups is 1. The Morgan fingerprint density at radius 3 is 2.15 bits per heavy atom. The lowest BCUT2D eigenvalue weighted by molar-refractivity contribution is -0.145. The Hall–Kier alpha value is -2.61. The van der Waals surface area contributed by atoms with Gasteiger partial charge in [0.05, 0.1) is 6.61 Å². The monoisotopic (exact) mass is 344 g/mol. The molecule has 132 valence electrons. The summed E-state index contributed by atoms with van der Waals surface area (Å²) in [6.07, 6.45) is 6.10. The van der Waals surface area contributed by atoms with Gasteiger partial charge < -0.3 is 4.74 Å². The van der Waals surface area contributed by atoms with E-state index in [0.29, 0.717) is 24.4 Å². The molecule has 1 fully saturated rings. The summed E-state index contributed by atoms with van der Waals surface area (Å²) in [7, 11) is 0. The molecular formula is C24H24O2. The van der Waals surface area contributed by atoms with Crippen LogP contribution in [0.1, 0.15) is 29.9 Å². The third-order valence-electron chi connectivity index (χ3n) is 5.93. The van der Waals surface area contributed by atoms with Gasteiger partial charge in [-0.1, -0.05) is 60.7 Å². The molecule has 2 aliphatic rings. The highest BCUT2D eigenvalue weighted by molar-refractivity contribution is 5.93. The van der Waals surface area contributed by atoms with E-state index in [0.717, 1.165) is 35.1 Å². The molecule has 0 aromatic heterocycles. The quantitative estimate of drug-likeness (QED) is 0.539. The summed E-state index contributed by atoms with van der Waals surface area (Å²) in [5.74, 6) is 0.767. The second-order valence-electron chi connectivity index (χ2n) is 7.36. The van der Waals surface area contributed by atoms with Crippen LogP contribution in [0.3, 0.4) is 0 Å². The molecule has 0 heterocycles. The molecule has 2 aliphatic carbocycles. The first-order valence-corrected chi connectivity index (χ1v) is 9.33. The van der Waals surface area contributed by atoms with Crippen molar-refractivity contribution in [3.8, 4) is 11.1 Å². The molecule has 0 aliphatic heterocycles. The van der Waals surface area contributed by atoms with E-state index in [4.69, 9.17) is 4.74 Å². The Bertz CT molecular complexity index is 805. The summed E-state index contributed by atoms with van der Waals surface area (Å²) < 4.78 is 5.83. The Morgan fingerprint density at radius 1 is 0.962 bits per heavy atom. The highest BCUT2D eigenvalue weighted by Crippen LogP contribution is 2.45. The average Bonchev–Trinajstić information content (AvgIpc) is 3.24. The average molecular weight is 344 g/mol. The fraction of sp³-hybridized carbons (Fsp3) is 0.292. The molecule has 2 heteroatoms. The van der Waals surface area contributed by atoms with Crippen molar-refractivity contribution in [1.82, 2.24) is 0 Å². The summed E-state index contributed by atoms with van der Waals surface area (Å²) in [5, 5.41) is 0. The Morgan fingerprint density at radius 2 is 1.58 bits per heavy atom. The van der Waals surface area contributed by atoms with Crippen LogP contribution in [-0.4, -0.2) is 12.6 Å². The zero-order valence-corrected chi connectivity index (χ0v) is 14.9. The van der Waals surface area contributed by atoms with Crippen molar-refractivity contribution in [2.75, 3.05) is 6.61 Å². The molecule has 0 spiro atoms.